The summed E-state index contributed by atoms with van der Waals surface area (Å²) in [5, 5.41) is 13.1. The molecule has 1 amide bonds. The van der Waals surface area contributed by atoms with Gasteiger partial charge in [-0.25, -0.2) is 4.39 Å². The third-order valence-electron chi connectivity index (χ3n) is 3.14. The van der Waals surface area contributed by atoms with Crippen molar-refractivity contribution in [2.45, 2.75) is 45.2 Å². The Kier molecular flexibility index (Phi) is 9.12. The van der Waals surface area contributed by atoms with E-state index >= 15 is 0 Å². The number of unbranched alkanes of at least 4 members (excludes halogenated alkanes) is 2. The predicted octanol–water partition coefficient (Wildman–Crippen LogP) is 0.237. The molecule has 0 rings (SSSR count). The number of nitrogens with zero attached hydrogens (tertiary/aromatic N) is 1. The first-order chi connectivity index (χ1) is 9.28. The molecule has 0 aliphatic rings. The number of hydrogen-bond acceptors (Lipinski definition) is 3. The molecule has 1 N–H and O–H groups in total. The van der Waals surface area contributed by atoms with Crippen molar-refractivity contribution in [1.29, 1.82) is 0 Å². The largest absolute Gasteiger partial charge is 0.544 e. The molecule has 0 spiro atoms. The molecular formula is C14H27FN2O3. The summed E-state index contributed by atoms with van der Waals surface area (Å²) in [5.41, 5.74) is 0. The number of carbonyl (C=O) groups is 2. The van der Waals surface area contributed by atoms with Gasteiger partial charge in [-0.1, -0.05) is 26.2 Å². The van der Waals surface area contributed by atoms with E-state index in [4.69, 9.17) is 0 Å². The number of nitrogens with one attached hydrogen (secondary N) is 1. The second-order valence-corrected chi connectivity index (χ2v) is 5.80. The number of alkyl halides is 1. The zero-order valence-electron chi connectivity index (χ0n) is 12.8. The summed E-state index contributed by atoms with van der Waals surface area (Å²) >= 11 is 0. The fourth-order valence-electron chi connectivity index (χ4n) is 1.96. The Hall–Kier alpha value is -1.17. The fourth-order valence-corrected chi connectivity index (χ4v) is 1.96. The Morgan fingerprint density at radius 2 is 1.90 bits per heavy atom. The van der Waals surface area contributed by atoms with Gasteiger partial charge >= 0.3 is 0 Å². The summed E-state index contributed by atoms with van der Waals surface area (Å²) < 4.78 is 13.7. The van der Waals surface area contributed by atoms with Gasteiger partial charge in [0.2, 0.25) is 0 Å². The van der Waals surface area contributed by atoms with Crippen molar-refractivity contribution >= 4 is 11.9 Å². The van der Waals surface area contributed by atoms with Crippen molar-refractivity contribution in [2.24, 2.45) is 0 Å². The van der Waals surface area contributed by atoms with Gasteiger partial charge in [-0.2, -0.15) is 0 Å². The molecule has 0 bridgehead atoms. The highest BCUT2D eigenvalue weighted by molar-refractivity contribution is 5.80. The molecule has 118 valence electrons. The molecule has 5 nitrogen and oxygen atoms in total. The van der Waals surface area contributed by atoms with Gasteiger partial charge in [-0.3, -0.25) is 4.79 Å². The number of quaternary nitrogens is 1. The molecule has 0 heterocycles. The van der Waals surface area contributed by atoms with Crippen molar-refractivity contribution < 1.29 is 23.6 Å². The van der Waals surface area contributed by atoms with Crippen LogP contribution in [0.4, 0.5) is 4.39 Å². The third kappa shape index (κ3) is 9.72. The maximum Gasteiger partial charge on any atom is 0.254 e. The minimum Gasteiger partial charge on any atom is -0.544 e. The van der Waals surface area contributed by atoms with Gasteiger partial charge in [0.15, 0.2) is 6.17 Å². The van der Waals surface area contributed by atoms with E-state index in [2.05, 4.69) is 5.32 Å². The van der Waals surface area contributed by atoms with Crippen LogP contribution in [0.25, 0.3) is 0 Å². The van der Waals surface area contributed by atoms with Crippen LogP contribution in [-0.4, -0.2) is 56.3 Å². The molecule has 0 aliphatic carbocycles. The molecule has 0 radical (unpaired) electrons. The van der Waals surface area contributed by atoms with E-state index in [1.165, 1.54) is 0 Å². The van der Waals surface area contributed by atoms with Gasteiger partial charge in [0, 0.05) is 13.0 Å². The molecule has 0 aliphatic heterocycles. The molecule has 0 aromatic heterocycles. The number of carbonyl (C=O) groups excluding carboxylic acids is 2. The quantitative estimate of drug-likeness (QED) is 0.438. The van der Waals surface area contributed by atoms with Crippen LogP contribution < -0.4 is 10.4 Å². The van der Waals surface area contributed by atoms with Crippen molar-refractivity contribution in [1.82, 2.24) is 5.32 Å². The lowest BCUT2D eigenvalue weighted by Crippen LogP contribution is -2.49. The van der Waals surface area contributed by atoms with E-state index in [9.17, 15) is 19.1 Å². The van der Waals surface area contributed by atoms with Crippen molar-refractivity contribution in [2.75, 3.05) is 33.7 Å². The summed E-state index contributed by atoms with van der Waals surface area (Å²) in [6, 6.07) is 0. The zero-order valence-corrected chi connectivity index (χ0v) is 12.8. The summed E-state index contributed by atoms with van der Waals surface area (Å²) in [7, 11) is 3.56. The van der Waals surface area contributed by atoms with Crippen LogP contribution in [0.3, 0.4) is 0 Å². The van der Waals surface area contributed by atoms with Gasteiger partial charge in [0.1, 0.15) is 6.54 Å². The molecule has 0 fully saturated rings. The first kappa shape index (κ1) is 18.8. The standard InChI is InChI=1S/C14H27FN2O3/c1-4-5-6-8-12(15)14(20)16-9-7-10-17(2,3)11-13(18)19/h12H,4-11H2,1-3H3,(H-,16,18,19,20). The number of likely N-dealkylation sites (N-methyl/N-ethyl adjacent to an activating group) is 1. The molecule has 1 atom stereocenters. The molecule has 1 unspecified atom stereocenters. The lowest BCUT2D eigenvalue weighted by molar-refractivity contribution is -0.884. The summed E-state index contributed by atoms with van der Waals surface area (Å²) in [5.74, 6) is -1.66. The highest BCUT2D eigenvalue weighted by Gasteiger charge is 2.17. The zero-order chi connectivity index (χ0) is 15.6. The predicted molar refractivity (Wildman–Crippen MR) is 73.5 cm³/mol. The first-order valence-corrected chi connectivity index (χ1v) is 7.22. The van der Waals surface area contributed by atoms with Crippen molar-refractivity contribution in [3.05, 3.63) is 0 Å². The van der Waals surface area contributed by atoms with Crippen LogP contribution in [0.5, 0.6) is 0 Å². The highest BCUT2D eigenvalue weighted by atomic mass is 19.1. The second-order valence-electron chi connectivity index (χ2n) is 5.80. The fraction of sp³-hybridized carbons (Fsp3) is 0.857. The van der Waals surface area contributed by atoms with E-state index in [1.54, 1.807) is 14.1 Å². The van der Waals surface area contributed by atoms with Gasteiger partial charge < -0.3 is 19.7 Å². The molecule has 0 saturated carbocycles. The van der Waals surface area contributed by atoms with Crippen LogP contribution in [0.1, 0.15) is 39.0 Å². The molecule has 0 aromatic carbocycles. The summed E-state index contributed by atoms with van der Waals surface area (Å²) in [6.45, 7) is 2.90. The molecule has 0 aromatic rings. The van der Waals surface area contributed by atoms with Crippen LogP contribution >= 0.6 is 0 Å². The van der Waals surface area contributed by atoms with Crippen LogP contribution in [0.2, 0.25) is 0 Å². The van der Waals surface area contributed by atoms with E-state index in [-0.39, 0.29) is 17.4 Å². The minimum absolute atomic E-state index is 0.0727. The molecule has 20 heavy (non-hydrogen) atoms. The molecule has 0 saturated heterocycles. The van der Waals surface area contributed by atoms with Crippen molar-refractivity contribution in [3.63, 3.8) is 0 Å². The van der Waals surface area contributed by atoms with Gasteiger partial charge in [-0.15, -0.1) is 0 Å². The molecule has 6 heteroatoms. The maximum atomic E-state index is 13.5. The van der Waals surface area contributed by atoms with E-state index < -0.39 is 18.0 Å². The average molecular weight is 290 g/mol. The van der Waals surface area contributed by atoms with E-state index in [1.807, 2.05) is 6.92 Å². The SMILES string of the molecule is CCCCCC(F)C(=O)NCCC[N+](C)(C)CC(=O)[O-]. The Morgan fingerprint density at radius 3 is 2.45 bits per heavy atom. The Labute approximate surface area is 120 Å². The first-order valence-electron chi connectivity index (χ1n) is 7.22. The number of rotatable bonds is 11. The number of halogens is 1. The Bertz CT molecular complexity index is 309. The van der Waals surface area contributed by atoms with Crippen molar-refractivity contribution in [3.8, 4) is 0 Å². The highest BCUT2D eigenvalue weighted by Crippen LogP contribution is 2.06. The van der Waals surface area contributed by atoms with E-state index in [0.717, 1.165) is 19.3 Å². The monoisotopic (exact) mass is 290 g/mol. The number of hydrogen-bond donors (Lipinski definition) is 1. The second kappa shape index (κ2) is 9.69. The number of carboxylic acid groups (broad SMARTS) is 1. The van der Waals surface area contributed by atoms with Gasteiger partial charge in [0.25, 0.3) is 5.91 Å². The Morgan fingerprint density at radius 1 is 1.25 bits per heavy atom. The van der Waals surface area contributed by atoms with Crippen LogP contribution in [0.15, 0.2) is 0 Å². The van der Waals surface area contributed by atoms with E-state index in [0.29, 0.717) is 19.5 Å². The Balaban J connectivity index is 3.78. The topological polar surface area (TPSA) is 69.2 Å². The maximum absolute atomic E-state index is 13.5. The summed E-state index contributed by atoms with van der Waals surface area (Å²) in [6.07, 6.45) is 2.09. The average Bonchev–Trinajstić information content (AvgIpc) is 2.33. The third-order valence-corrected chi connectivity index (χ3v) is 3.14. The lowest BCUT2D eigenvalue weighted by Gasteiger charge is -2.30. The van der Waals surface area contributed by atoms with Gasteiger partial charge in [-0.05, 0) is 6.42 Å². The number of aliphatic carboxylic acids is 1. The molecular weight excluding hydrogens is 263 g/mol. The smallest absolute Gasteiger partial charge is 0.254 e. The lowest BCUT2D eigenvalue weighted by atomic mass is 10.1. The van der Waals surface area contributed by atoms with Crippen LogP contribution in [0, 0.1) is 0 Å². The van der Waals surface area contributed by atoms with Gasteiger partial charge in [0.05, 0.1) is 26.6 Å². The summed E-state index contributed by atoms with van der Waals surface area (Å²) in [4.78, 5) is 22.0. The minimum atomic E-state index is -1.44. The van der Waals surface area contributed by atoms with Crippen LogP contribution in [-0.2, 0) is 9.59 Å². The normalized spacial score (nSPS) is 13.0. The number of carboxylic acids is 1. The number of amides is 1.